The van der Waals surface area contributed by atoms with Gasteiger partial charge in [0.15, 0.2) is 0 Å². The minimum absolute atomic E-state index is 0. The lowest BCUT2D eigenvalue weighted by Gasteiger charge is -2.24. The van der Waals surface area contributed by atoms with Crippen molar-refractivity contribution in [3.8, 4) is 0 Å². The number of rotatable bonds is 6. The number of hydrogen-bond donors (Lipinski definition) is 3. The molecule has 142 valence electrons. The number of fused-ring (bicyclic) bond motifs is 1. The fourth-order valence-corrected chi connectivity index (χ4v) is 3.73. The van der Waals surface area contributed by atoms with Gasteiger partial charge in [0.25, 0.3) is 0 Å². The second-order valence-corrected chi connectivity index (χ2v) is 6.90. The highest BCUT2D eigenvalue weighted by atomic mass is 35.5. The lowest BCUT2D eigenvalue weighted by Crippen LogP contribution is -2.43. The molecule has 1 saturated carbocycles. The summed E-state index contributed by atoms with van der Waals surface area (Å²) in [5.41, 5.74) is 1.16. The van der Waals surface area contributed by atoms with E-state index in [1.54, 1.807) is 0 Å². The maximum Gasteiger partial charge on any atom is 0.237 e. The molecule has 2 aliphatic rings. The monoisotopic (exact) mass is 388 g/mol. The highest BCUT2D eigenvalue weighted by Crippen LogP contribution is 2.33. The molecule has 3 rings (SSSR count). The average Bonchev–Trinajstić information content (AvgIpc) is 3.00. The van der Waals surface area contributed by atoms with E-state index in [1.807, 2.05) is 25.3 Å². The molecule has 3 atom stereocenters. The van der Waals surface area contributed by atoms with Gasteiger partial charge in [0.2, 0.25) is 5.91 Å². The van der Waals surface area contributed by atoms with Crippen LogP contribution in [0.1, 0.15) is 44.1 Å². The van der Waals surface area contributed by atoms with Gasteiger partial charge in [0.1, 0.15) is 5.82 Å². The zero-order chi connectivity index (χ0) is 16.1. The van der Waals surface area contributed by atoms with Crippen molar-refractivity contribution in [2.45, 2.75) is 57.5 Å². The second kappa shape index (κ2) is 10.8. The van der Waals surface area contributed by atoms with Crippen LogP contribution in [0.15, 0.2) is 18.3 Å². The number of amides is 1. The molecule has 1 saturated heterocycles. The number of carbonyl (C=O) groups excluding carboxylic acids is 1. The molecule has 7 heteroatoms. The largest absolute Gasteiger partial charge is 0.370 e. The van der Waals surface area contributed by atoms with E-state index in [0.717, 1.165) is 30.8 Å². The minimum Gasteiger partial charge on any atom is -0.370 e. The van der Waals surface area contributed by atoms with Crippen LogP contribution in [-0.4, -0.2) is 36.1 Å². The van der Waals surface area contributed by atoms with Crippen molar-refractivity contribution in [1.29, 1.82) is 0 Å². The van der Waals surface area contributed by atoms with Crippen LogP contribution in [0.2, 0.25) is 0 Å². The van der Waals surface area contributed by atoms with Gasteiger partial charge in [-0.1, -0.05) is 18.9 Å². The molecule has 1 aliphatic carbocycles. The molecular formula is C18H30Cl2N4O. The van der Waals surface area contributed by atoms with Crippen molar-refractivity contribution in [2.24, 2.45) is 5.92 Å². The fraction of sp³-hybridized carbons (Fsp3) is 0.667. The summed E-state index contributed by atoms with van der Waals surface area (Å²) < 4.78 is 0. The fourth-order valence-electron chi connectivity index (χ4n) is 3.73. The van der Waals surface area contributed by atoms with Gasteiger partial charge < -0.3 is 16.0 Å². The summed E-state index contributed by atoms with van der Waals surface area (Å²) in [5, 5.41) is 9.87. The number of carbonyl (C=O) groups is 1. The Bertz CT molecular complexity index is 512. The number of aromatic nitrogens is 1. The first kappa shape index (κ1) is 22.0. The predicted octanol–water partition coefficient (Wildman–Crippen LogP) is 3.07. The van der Waals surface area contributed by atoms with Crippen molar-refractivity contribution in [3.63, 3.8) is 0 Å². The normalized spacial score (nSPS) is 24.4. The first-order chi connectivity index (χ1) is 11.2. The molecule has 1 amide bonds. The van der Waals surface area contributed by atoms with Crippen LogP contribution in [0.25, 0.3) is 0 Å². The molecule has 25 heavy (non-hydrogen) atoms. The Kier molecular flexibility index (Phi) is 9.54. The Morgan fingerprint density at radius 3 is 2.76 bits per heavy atom. The van der Waals surface area contributed by atoms with Gasteiger partial charge >= 0.3 is 0 Å². The van der Waals surface area contributed by atoms with Crippen LogP contribution in [0, 0.1) is 12.8 Å². The van der Waals surface area contributed by atoms with Gasteiger partial charge in [-0.3, -0.25) is 4.79 Å². The molecule has 1 aromatic rings. The summed E-state index contributed by atoms with van der Waals surface area (Å²) in [6.45, 7) is 3.56. The molecule has 2 fully saturated rings. The van der Waals surface area contributed by atoms with Crippen molar-refractivity contribution in [3.05, 3.63) is 23.9 Å². The van der Waals surface area contributed by atoms with E-state index < -0.39 is 0 Å². The van der Waals surface area contributed by atoms with Crippen LogP contribution >= 0.6 is 24.8 Å². The third-order valence-corrected chi connectivity index (χ3v) is 5.05. The number of aryl methyl sites for hydroxylation is 1. The van der Waals surface area contributed by atoms with E-state index in [9.17, 15) is 4.79 Å². The van der Waals surface area contributed by atoms with Crippen LogP contribution in [0.3, 0.4) is 0 Å². The molecule has 0 spiro atoms. The SMILES string of the molecule is Cc1ccc(NCCCNC(=O)C2CC3CCCCC3N2)nc1.Cl.Cl. The van der Waals surface area contributed by atoms with E-state index >= 15 is 0 Å². The molecule has 0 aromatic carbocycles. The molecule has 0 radical (unpaired) electrons. The van der Waals surface area contributed by atoms with Crippen molar-refractivity contribution in [2.75, 3.05) is 18.4 Å². The quantitative estimate of drug-likeness (QED) is 0.655. The topological polar surface area (TPSA) is 66.0 Å². The van der Waals surface area contributed by atoms with E-state index in [2.05, 4.69) is 20.9 Å². The van der Waals surface area contributed by atoms with Gasteiger partial charge in [-0.2, -0.15) is 0 Å². The number of halogens is 2. The number of nitrogens with one attached hydrogen (secondary N) is 3. The highest BCUT2D eigenvalue weighted by molar-refractivity contribution is 5.85. The Hall–Kier alpha value is -1.04. The Labute approximate surface area is 163 Å². The molecule has 5 nitrogen and oxygen atoms in total. The number of nitrogens with zero attached hydrogens (tertiary/aromatic N) is 1. The highest BCUT2D eigenvalue weighted by Gasteiger charge is 2.37. The first-order valence-corrected chi connectivity index (χ1v) is 8.92. The summed E-state index contributed by atoms with van der Waals surface area (Å²) in [5.74, 6) is 1.78. The first-order valence-electron chi connectivity index (χ1n) is 8.92. The Morgan fingerprint density at radius 1 is 1.24 bits per heavy atom. The summed E-state index contributed by atoms with van der Waals surface area (Å²) in [7, 11) is 0. The average molecular weight is 389 g/mol. The standard InChI is InChI=1S/C18H28N4O.2ClH/c1-13-7-8-17(21-12-13)19-9-4-10-20-18(23)16-11-14-5-2-3-6-15(14)22-16;;/h7-8,12,14-16,22H,2-6,9-11H2,1H3,(H,19,21)(H,20,23);2*1H. The second-order valence-electron chi connectivity index (χ2n) is 6.90. The van der Waals surface area contributed by atoms with Crippen molar-refractivity contribution < 1.29 is 4.79 Å². The third kappa shape index (κ3) is 6.32. The predicted molar refractivity (Wildman–Crippen MR) is 107 cm³/mol. The maximum absolute atomic E-state index is 12.3. The molecule has 3 unspecified atom stereocenters. The lowest BCUT2D eigenvalue weighted by atomic mass is 9.85. The molecule has 1 aromatic heterocycles. The van der Waals surface area contributed by atoms with Crippen LogP contribution in [0.5, 0.6) is 0 Å². The van der Waals surface area contributed by atoms with E-state index in [-0.39, 0.29) is 36.8 Å². The molecular weight excluding hydrogens is 359 g/mol. The number of hydrogen-bond acceptors (Lipinski definition) is 4. The van der Waals surface area contributed by atoms with Crippen LogP contribution in [-0.2, 0) is 4.79 Å². The third-order valence-electron chi connectivity index (χ3n) is 5.05. The summed E-state index contributed by atoms with van der Waals surface area (Å²) in [6, 6.07) is 4.63. The zero-order valence-corrected chi connectivity index (χ0v) is 16.4. The summed E-state index contributed by atoms with van der Waals surface area (Å²) in [4.78, 5) is 16.6. The van der Waals surface area contributed by atoms with Crippen LogP contribution in [0.4, 0.5) is 5.82 Å². The van der Waals surface area contributed by atoms with Gasteiger partial charge in [-0.25, -0.2) is 4.98 Å². The zero-order valence-electron chi connectivity index (χ0n) is 14.8. The van der Waals surface area contributed by atoms with Crippen molar-refractivity contribution in [1.82, 2.24) is 15.6 Å². The minimum atomic E-state index is 0. The molecule has 0 bridgehead atoms. The van der Waals surface area contributed by atoms with Gasteiger partial charge in [-0.15, -0.1) is 24.8 Å². The van der Waals surface area contributed by atoms with E-state index in [4.69, 9.17) is 0 Å². The van der Waals surface area contributed by atoms with Crippen molar-refractivity contribution >= 4 is 36.5 Å². The Morgan fingerprint density at radius 2 is 2.04 bits per heavy atom. The molecule has 3 N–H and O–H groups in total. The molecule has 2 heterocycles. The van der Waals surface area contributed by atoms with E-state index in [1.165, 1.54) is 25.7 Å². The smallest absolute Gasteiger partial charge is 0.237 e. The lowest BCUT2D eigenvalue weighted by molar-refractivity contribution is -0.122. The van der Waals surface area contributed by atoms with Gasteiger partial charge in [0.05, 0.1) is 6.04 Å². The van der Waals surface area contributed by atoms with E-state index in [0.29, 0.717) is 18.5 Å². The number of pyridine rings is 1. The molecule has 1 aliphatic heterocycles. The Balaban J connectivity index is 0.00000156. The summed E-state index contributed by atoms with van der Waals surface area (Å²) in [6.07, 6.45) is 8.94. The summed E-state index contributed by atoms with van der Waals surface area (Å²) >= 11 is 0. The van der Waals surface area contributed by atoms with Gasteiger partial charge in [-0.05, 0) is 50.2 Å². The number of anilines is 1. The van der Waals surface area contributed by atoms with Gasteiger partial charge in [0, 0.05) is 25.3 Å². The maximum atomic E-state index is 12.3. The van der Waals surface area contributed by atoms with Crippen LogP contribution < -0.4 is 16.0 Å².